The van der Waals surface area contributed by atoms with Crippen LogP contribution in [0.15, 0.2) is 388 Å². The van der Waals surface area contributed by atoms with E-state index in [1.54, 1.807) is 0 Å². The molecule has 0 N–H and O–H groups in total. The fourth-order valence-electron chi connectivity index (χ4n) is 19.3. The van der Waals surface area contributed by atoms with Crippen LogP contribution in [0.25, 0.3) is 154 Å². The Kier molecular flexibility index (Phi) is 14.3. The molecule has 2 aliphatic rings. The highest BCUT2D eigenvalue weighted by atomic mass is 15.2. The maximum Gasteiger partial charge on any atom is 0.252 e. The Labute approximate surface area is 655 Å². The summed E-state index contributed by atoms with van der Waals surface area (Å²) in [4.78, 5) is 5.42. The second-order valence-corrected chi connectivity index (χ2v) is 31.5. The molecule has 21 aromatic rings. The van der Waals surface area contributed by atoms with Crippen LogP contribution in [-0.2, 0) is 5.41 Å². The van der Waals surface area contributed by atoms with Crippen molar-refractivity contribution in [3.05, 3.63) is 394 Å². The van der Waals surface area contributed by atoms with Crippen LogP contribution in [-0.4, -0.2) is 25.0 Å². The van der Waals surface area contributed by atoms with Gasteiger partial charge in [-0.2, -0.15) is 0 Å². The molecule has 0 saturated heterocycles. The van der Waals surface area contributed by atoms with Crippen molar-refractivity contribution in [2.45, 2.75) is 26.2 Å². The lowest BCUT2D eigenvalue weighted by atomic mass is 9.33. The van der Waals surface area contributed by atoms with Crippen molar-refractivity contribution in [1.29, 1.82) is 0 Å². The molecule has 0 radical (unpaired) electrons. The topological polar surface area (TPSA) is 26.2 Å². The molecule has 17 aromatic carbocycles. The molecule has 6 heterocycles. The second-order valence-electron chi connectivity index (χ2n) is 31.5. The first kappa shape index (κ1) is 64.6. The summed E-state index contributed by atoms with van der Waals surface area (Å²) in [6.07, 6.45) is 0. The molecule has 113 heavy (non-hydrogen) atoms. The Morgan fingerprint density at radius 3 is 0.805 bits per heavy atom. The summed E-state index contributed by atoms with van der Waals surface area (Å²) >= 11 is 0. The lowest BCUT2D eigenvalue weighted by molar-refractivity contribution is 0.590. The zero-order valence-electron chi connectivity index (χ0n) is 62.7. The summed E-state index contributed by atoms with van der Waals surface area (Å²) < 4.78 is 10.0. The third-order valence-corrected chi connectivity index (χ3v) is 24.2. The normalized spacial score (nSPS) is 12.7. The zero-order valence-corrected chi connectivity index (χ0v) is 62.7. The minimum Gasteiger partial charge on any atom is -0.310 e. The van der Waals surface area contributed by atoms with Gasteiger partial charge in [-0.25, -0.2) is 0 Å². The number of aromatic nitrogens is 4. The van der Waals surface area contributed by atoms with Crippen molar-refractivity contribution in [3.8, 4) is 67.3 Å². The Balaban J connectivity index is 0.863. The van der Waals surface area contributed by atoms with Gasteiger partial charge < -0.3 is 28.1 Å². The predicted molar refractivity (Wildman–Crippen MR) is 478 cm³/mol. The third-order valence-electron chi connectivity index (χ3n) is 24.2. The van der Waals surface area contributed by atoms with Crippen LogP contribution >= 0.6 is 0 Å². The molecular formula is C106H73BN6. The molecule has 0 amide bonds. The highest BCUT2D eigenvalue weighted by molar-refractivity contribution is 7.00. The largest absolute Gasteiger partial charge is 0.310 e. The maximum atomic E-state index is 2.71. The second kappa shape index (κ2) is 25.1. The summed E-state index contributed by atoms with van der Waals surface area (Å²) in [5, 5.41) is 9.73. The first-order valence-electron chi connectivity index (χ1n) is 39.3. The van der Waals surface area contributed by atoms with Crippen molar-refractivity contribution in [3.63, 3.8) is 0 Å². The van der Waals surface area contributed by atoms with Crippen molar-refractivity contribution in [2.24, 2.45) is 0 Å². The fourth-order valence-corrected chi connectivity index (χ4v) is 19.3. The van der Waals surface area contributed by atoms with Crippen molar-refractivity contribution < 1.29 is 0 Å². The molecule has 23 rings (SSSR count). The Morgan fingerprint density at radius 2 is 0.496 bits per heavy atom. The van der Waals surface area contributed by atoms with Gasteiger partial charge in [0.15, 0.2) is 0 Å². The quantitative estimate of drug-likeness (QED) is 0.128. The van der Waals surface area contributed by atoms with Crippen LogP contribution in [0.3, 0.4) is 0 Å². The van der Waals surface area contributed by atoms with Crippen LogP contribution in [0.4, 0.5) is 34.1 Å². The molecule has 6 nitrogen and oxygen atoms in total. The lowest BCUT2D eigenvalue weighted by Gasteiger charge is -2.46. The van der Waals surface area contributed by atoms with E-state index in [0.717, 1.165) is 134 Å². The number of para-hydroxylation sites is 8. The van der Waals surface area contributed by atoms with Crippen LogP contribution in [0, 0.1) is 0 Å². The summed E-state index contributed by atoms with van der Waals surface area (Å²) in [6, 6.07) is 146. The molecule has 7 heteroatoms. The summed E-state index contributed by atoms with van der Waals surface area (Å²) in [7, 11) is 0. The SMILES string of the molecule is CC(C)(C)c1cc2c3c(c1)N(c1c(-c4ccccc4)cccc1-c1ccccc1)c1cc(-n4c5ccccc5c5cc6c7ccccc7n(-c7ccccc7)c6cc54)ccc1B3c1ccc(-n3c4ccccc4c4cc5c6ccccc6n(-c6ccccc6)c5cc43)cc1N2c1c(-c2ccccc2)cccc1-c1ccccc1. The molecule has 0 unspecified atom stereocenters. The fraction of sp³-hybridized carbons (Fsp3) is 0.0377. The molecular weight excluding hydrogens is 1370 g/mol. The maximum absolute atomic E-state index is 2.71. The molecule has 0 bridgehead atoms. The van der Waals surface area contributed by atoms with Gasteiger partial charge in [-0.3, -0.25) is 0 Å². The molecule has 4 aromatic heterocycles. The van der Waals surface area contributed by atoms with E-state index in [9.17, 15) is 0 Å². The number of anilines is 6. The molecule has 0 atom stereocenters. The molecule has 0 saturated carbocycles. The highest BCUT2D eigenvalue weighted by Crippen LogP contribution is 2.55. The van der Waals surface area contributed by atoms with E-state index in [4.69, 9.17) is 0 Å². The van der Waals surface area contributed by atoms with E-state index in [0.29, 0.717) is 0 Å². The average molecular weight is 1440 g/mol. The zero-order chi connectivity index (χ0) is 74.7. The van der Waals surface area contributed by atoms with Gasteiger partial charge in [-0.1, -0.05) is 300 Å². The first-order valence-corrected chi connectivity index (χ1v) is 39.3. The Morgan fingerprint density at radius 1 is 0.212 bits per heavy atom. The minimum atomic E-state index is -0.349. The number of nitrogens with zero attached hydrogens (tertiary/aromatic N) is 6. The van der Waals surface area contributed by atoms with E-state index in [2.05, 4.69) is 437 Å². The van der Waals surface area contributed by atoms with Crippen molar-refractivity contribution >= 4 is 144 Å². The van der Waals surface area contributed by atoms with Crippen LogP contribution in [0.2, 0.25) is 0 Å². The predicted octanol–water partition coefficient (Wildman–Crippen LogP) is 26.1. The van der Waals surface area contributed by atoms with Crippen molar-refractivity contribution in [1.82, 2.24) is 18.3 Å². The number of rotatable bonds is 10. The number of benzene rings is 17. The van der Waals surface area contributed by atoms with Gasteiger partial charge in [0.05, 0.1) is 55.5 Å². The van der Waals surface area contributed by atoms with E-state index in [1.165, 1.54) is 76.1 Å². The van der Waals surface area contributed by atoms with Gasteiger partial charge in [-0.15, -0.1) is 0 Å². The standard InChI is InChI=1S/C106H73BN6/c1-106(2,3)72-60-101-103-102(61-72)113(105-79(70-36-14-6-15-37-70)50-31-51-80(105)71-38-16-7-17-39-71)100-63-76(111-94-55-29-25-47-84(94)88-65-86-82-45-23-27-53-92(82)109(96(86)67-98(88)111)74-42-20-9-21-43-74)57-59-90(100)107(103)89-58-56-75(62-99(89)112(101)104-77(68-32-10-4-11-33-68)48-30-49-78(104)69-34-12-5-13-35-69)110-93-54-28-24-46-83(93)87-64-85-81-44-22-26-52-91(81)108(95(85)66-97(87)110)73-40-18-8-19-41-73/h4-67H,1-3H3. The monoisotopic (exact) mass is 1440 g/mol. The lowest BCUT2D eigenvalue weighted by Crippen LogP contribution is -2.61. The first-order chi connectivity index (χ1) is 55.8. The van der Waals surface area contributed by atoms with E-state index in [-0.39, 0.29) is 12.1 Å². The molecule has 2 aliphatic heterocycles. The van der Waals surface area contributed by atoms with Gasteiger partial charge in [-0.05, 0) is 159 Å². The molecule has 0 fully saturated rings. The number of hydrogen-bond acceptors (Lipinski definition) is 2. The van der Waals surface area contributed by atoms with E-state index >= 15 is 0 Å². The van der Waals surface area contributed by atoms with E-state index < -0.39 is 0 Å². The number of fused-ring (bicyclic) bond motifs is 16. The Bertz CT molecular complexity index is 6900. The van der Waals surface area contributed by atoms with Crippen LogP contribution in [0.1, 0.15) is 26.3 Å². The van der Waals surface area contributed by atoms with Gasteiger partial charge in [0.2, 0.25) is 0 Å². The van der Waals surface area contributed by atoms with E-state index in [1.807, 2.05) is 0 Å². The summed E-state index contributed by atoms with van der Waals surface area (Å²) in [5.41, 5.74) is 34.0. The van der Waals surface area contributed by atoms with Crippen LogP contribution < -0.4 is 26.2 Å². The van der Waals surface area contributed by atoms with Gasteiger partial charge in [0.25, 0.3) is 6.71 Å². The molecule has 0 aliphatic carbocycles. The molecule has 530 valence electrons. The van der Waals surface area contributed by atoms with Gasteiger partial charge in [0, 0.05) is 111 Å². The minimum absolute atomic E-state index is 0.276. The van der Waals surface area contributed by atoms with Gasteiger partial charge >= 0.3 is 0 Å². The highest BCUT2D eigenvalue weighted by Gasteiger charge is 2.46. The summed E-state index contributed by atoms with van der Waals surface area (Å²) in [5.74, 6) is 0. The smallest absolute Gasteiger partial charge is 0.252 e. The number of hydrogen-bond donors (Lipinski definition) is 0. The third kappa shape index (κ3) is 9.81. The Hall–Kier alpha value is -14.4. The van der Waals surface area contributed by atoms with Gasteiger partial charge in [0.1, 0.15) is 0 Å². The molecule has 0 spiro atoms. The van der Waals surface area contributed by atoms with Crippen LogP contribution in [0.5, 0.6) is 0 Å². The summed E-state index contributed by atoms with van der Waals surface area (Å²) in [6.45, 7) is 6.90. The average Bonchev–Trinajstić information content (AvgIpc) is 1.61. The van der Waals surface area contributed by atoms with Crippen molar-refractivity contribution in [2.75, 3.05) is 9.80 Å².